The largest absolute Gasteiger partial charge is 0.449 e. The Morgan fingerprint density at radius 1 is 1.47 bits per heavy atom. The number of aryl methyl sites for hydroxylation is 1. The minimum atomic E-state index is -0.762. The first kappa shape index (κ1) is 9.51. The van der Waals surface area contributed by atoms with Crippen molar-refractivity contribution < 1.29 is 13.6 Å². The maximum absolute atomic E-state index is 13.2. The zero-order valence-electron chi connectivity index (χ0n) is 8.00. The summed E-state index contributed by atoms with van der Waals surface area (Å²) in [7, 11) is 0. The van der Waals surface area contributed by atoms with Crippen LogP contribution in [0.3, 0.4) is 0 Å². The van der Waals surface area contributed by atoms with E-state index in [1.54, 1.807) is 6.92 Å². The molecule has 0 saturated carbocycles. The van der Waals surface area contributed by atoms with Gasteiger partial charge >= 0.3 is 0 Å². The summed E-state index contributed by atoms with van der Waals surface area (Å²) in [5, 5.41) is 0.368. The lowest BCUT2D eigenvalue weighted by atomic mass is 10.1. The molecule has 2 aromatic rings. The number of fused-ring (bicyclic) bond motifs is 1. The predicted octanol–water partition coefficient (Wildman–Crippen LogP) is 1.56. The van der Waals surface area contributed by atoms with E-state index in [1.807, 2.05) is 0 Å². The Kier molecular flexibility index (Phi) is 1.89. The van der Waals surface area contributed by atoms with E-state index >= 15 is 0 Å². The van der Waals surface area contributed by atoms with E-state index < -0.39 is 11.7 Å². The number of nitrogen functional groups attached to an aromatic ring is 1. The van der Waals surface area contributed by atoms with Crippen molar-refractivity contribution in [1.82, 2.24) is 0 Å². The van der Waals surface area contributed by atoms with E-state index in [0.717, 1.165) is 0 Å². The standard InChI is InChI=1S/C10H9FN2O2/c1-4-2-7-5(3-6(4)11)8(12)9(15-7)10(13)14/h2-3H,12H2,1H3,(H2,13,14). The number of nitrogens with two attached hydrogens (primary N) is 2. The van der Waals surface area contributed by atoms with Gasteiger partial charge in [-0.2, -0.15) is 0 Å². The third kappa shape index (κ3) is 1.32. The van der Waals surface area contributed by atoms with Crippen LogP contribution in [0.25, 0.3) is 11.0 Å². The minimum absolute atomic E-state index is 0.0800. The van der Waals surface area contributed by atoms with Gasteiger partial charge in [-0.15, -0.1) is 0 Å². The number of carbonyl (C=O) groups excluding carboxylic acids is 1. The lowest BCUT2D eigenvalue weighted by Crippen LogP contribution is -2.11. The van der Waals surface area contributed by atoms with Gasteiger partial charge in [0.05, 0.1) is 5.69 Å². The van der Waals surface area contributed by atoms with Gasteiger partial charge < -0.3 is 15.9 Å². The van der Waals surface area contributed by atoms with Crippen LogP contribution in [0.2, 0.25) is 0 Å². The SMILES string of the molecule is Cc1cc2oc(C(N)=O)c(N)c2cc1F. The van der Waals surface area contributed by atoms with Crippen molar-refractivity contribution in [2.24, 2.45) is 5.73 Å². The van der Waals surface area contributed by atoms with E-state index in [2.05, 4.69) is 0 Å². The van der Waals surface area contributed by atoms with Crippen LogP contribution in [0.4, 0.5) is 10.1 Å². The summed E-state index contributed by atoms with van der Waals surface area (Å²) in [4.78, 5) is 10.9. The van der Waals surface area contributed by atoms with Crippen LogP contribution >= 0.6 is 0 Å². The summed E-state index contributed by atoms with van der Waals surface area (Å²) in [6, 6.07) is 2.71. The molecule has 0 radical (unpaired) electrons. The quantitative estimate of drug-likeness (QED) is 0.746. The van der Waals surface area contributed by atoms with Crippen molar-refractivity contribution in [3.63, 3.8) is 0 Å². The van der Waals surface area contributed by atoms with Crippen molar-refractivity contribution >= 4 is 22.6 Å². The van der Waals surface area contributed by atoms with E-state index in [-0.39, 0.29) is 11.4 Å². The van der Waals surface area contributed by atoms with Crippen molar-refractivity contribution in [3.8, 4) is 0 Å². The van der Waals surface area contributed by atoms with Crippen molar-refractivity contribution in [2.45, 2.75) is 6.92 Å². The van der Waals surface area contributed by atoms with Crippen LogP contribution in [-0.4, -0.2) is 5.91 Å². The van der Waals surface area contributed by atoms with E-state index in [9.17, 15) is 9.18 Å². The van der Waals surface area contributed by atoms with Crippen LogP contribution in [0.1, 0.15) is 16.1 Å². The Bertz CT molecular complexity index is 560. The van der Waals surface area contributed by atoms with Crippen molar-refractivity contribution in [1.29, 1.82) is 0 Å². The first-order chi connectivity index (χ1) is 7.00. The van der Waals surface area contributed by atoms with Crippen LogP contribution in [0, 0.1) is 12.7 Å². The zero-order valence-corrected chi connectivity index (χ0v) is 8.00. The number of rotatable bonds is 1. The van der Waals surface area contributed by atoms with Gasteiger partial charge in [0.15, 0.2) is 0 Å². The molecule has 0 unspecified atom stereocenters. The number of carbonyl (C=O) groups is 1. The summed E-state index contributed by atoms with van der Waals surface area (Å²) in [6.45, 7) is 1.59. The summed E-state index contributed by atoms with van der Waals surface area (Å²) in [5.74, 6) is -1.29. The van der Waals surface area contributed by atoms with Gasteiger partial charge in [0.25, 0.3) is 5.91 Å². The molecule has 1 heterocycles. The molecule has 0 saturated heterocycles. The molecule has 0 spiro atoms. The van der Waals surface area contributed by atoms with Gasteiger partial charge in [0, 0.05) is 5.39 Å². The molecule has 1 amide bonds. The molecular formula is C10H9FN2O2. The van der Waals surface area contributed by atoms with Crippen LogP contribution in [0.15, 0.2) is 16.5 Å². The third-order valence-corrected chi connectivity index (χ3v) is 2.23. The molecule has 1 aromatic carbocycles. The van der Waals surface area contributed by atoms with E-state index in [1.165, 1.54) is 12.1 Å². The fourth-order valence-electron chi connectivity index (χ4n) is 1.42. The number of amides is 1. The van der Waals surface area contributed by atoms with E-state index in [0.29, 0.717) is 16.5 Å². The lowest BCUT2D eigenvalue weighted by Gasteiger charge is -1.94. The van der Waals surface area contributed by atoms with Crippen molar-refractivity contribution in [3.05, 3.63) is 29.3 Å². The van der Waals surface area contributed by atoms with Crippen LogP contribution < -0.4 is 11.5 Å². The first-order valence-corrected chi connectivity index (χ1v) is 4.28. The second kappa shape index (κ2) is 2.98. The normalized spacial score (nSPS) is 10.8. The highest BCUT2D eigenvalue weighted by Gasteiger charge is 2.17. The number of benzene rings is 1. The Morgan fingerprint density at radius 3 is 2.73 bits per heavy atom. The molecule has 4 nitrogen and oxygen atoms in total. The summed E-state index contributed by atoms with van der Waals surface area (Å²) in [6.07, 6.45) is 0. The topological polar surface area (TPSA) is 82.2 Å². The van der Waals surface area contributed by atoms with Gasteiger partial charge in [-0.05, 0) is 24.6 Å². The number of anilines is 1. The number of primary amides is 1. The Hall–Kier alpha value is -2.04. The Labute approximate surface area is 84.6 Å². The van der Waals surface area contributed by atoms with E-state index in [4.69, 9.17) is 15.9 Å². The highest BCUT2D eigenvalue weighted by atomic mass is 19.1. The molecule has 0 aliphatic heterocycles. The number of furan rings is 1. The maximum atomic E-state index is 13.2. The molecule has 0 aliphatic rings. The van der Waals surface area contributed by atoms with Gasteiger partial charge in [-0.25, -0.2) is 4.39 Å². The molecule has 2 rings (SSSR count). The van der Waals surface area contributed by atoms with Crippen LogP contribution in [0.5, 0.6) is 0 Å². The fourth-order valence-corrected chi connectivity index (χ4v) is 1.42. The molecule has 0 aliphatic carbocycles. The molecule has 5 heteroatoms. The monoisotopic (exact) mass is 208 g/mol. The highest BCUT2D eigenvalue weighted by molar-refractivity contribution is 6.04. The van der Waals surface area contributed by atoms with Crippen molar-refractivity contribution in [2.75, 3.05) is 5.73 Å². The number of halogens is 1. The summed E-state index contributed by atoms with van der Waals surface area (Å²) < 4.78 is 18.4. The molecule has 78 valence electrons. The zero-order chi connectivity index (χ0) is 11.2. The number of hydrogen-bond donors (Lipinski definition) is 2. The average molecular weight is 208 g/mol. The third-order valence-electron chi connectivity index (χ3n) is 2.23. The van der Waals surface area contributed by atoms with Gasteiger partial charge in [0.1, 0.15) is 11.4 Å². The smallest absolute Gasteiger partial charge is 0.286 e. The minimum Gasteiger partial charge on any atom is -0.449 e. The Morgan fingerprint density at radius 2 is 2.13 bits per heavy atom. The Balaban J connectivity index is 2.83. The van der Waals surface area contributed by atoms with Gasteiger partial charge in [-0.1, -0.05) is 0 Å². The first-order valence-electron chi connectivity index (χ1n) is 4.28. The average Bonchev–Trinajstić information content (AvgIpc) is 2.46. The summed E-state index contributed by atoms with van der Waals surface area (Å²) in [5.41, 5.74) is 11.5. The molecule has 15 heavy (non-hydrogen) atoms. The van der Waals surface area contributed by atoms with Gasteiger partial charge in [-0.3, -0.25) is 4.79 Å². The maximum Gasteiger partial charge on any atom is 0.286 e. The molecular weight excluding hydrogens is 199 g/mol. The molecule has 0 bridgehead atoms. The lowest BCUT2D eigenvalue weighted by molar-refractivity contribution is 0.0977. The summed E-state index contributed by atoms with van der Waals surface area (Å²) >= 11 is 0. The van der Waals surface area contributed by atoms with Crippen LogP contribution in [-0.2, 0) is 0 Å². The predicted molar refractivity (Wildman–Crippen MR) is 53.8 cm³/mol. The second-order valence-corrected chi connectivity index (χ2v) is 3.31. The molecule has 1 aromatic heterocycles. The molecule has 0 atom stereocenters. The highest BCUT2D eigenvalue weighted by Crippen LogP contribution is 2.29. The molecule has 0 fully saturated rings. The van der Waals surface area contributed by atoms with Gasteiger partial charge in [0.2, 0.25) is 5.76 Å². The second-order valence-electron chi connectivity index (χ2n) is 3.31. The molecule has 4 N–H and O–H groups in total. The fraction of sp³-hybridized carbons (Fsp3) is 0.100. The number of hydrogen-bond acceptors (Lipinski definition) is 3.